The molecule has 0 saturated carbocycles. The fourth-order valence-electron chi connectivity index (χ4n) is 5.47. The maximum absolute atomic E-state index is 12.5. The Morgan fingerprint density at radius 2 is 1.56 bits per heavy atom. The Labute approximate surface area is 247 Å². The van der Waals surface area contributed by atoms with E-state index in [4.69, 9.17) is 26.3 Å². The van der Waals surface area contributed by atoms with Crippen LogP contribution in [0, 0.1) is 12.8 Å². The highest BCUT2D eigenvalue weighted by molar-refractivity contribution is 6.30. The van der Waals surface area contributed by atoms with E-state index in [9.17, 15) is 4.79 Å². The van der Waals surface area contributed by atoms with Gasteiger partial charge in [0.1, 0.15) is 17.7 Å². The van der Waals surface area contributed by atoms with Crippen LogP contribution >= 0.6 is 11.6 Å². The van der Waals surface area contributed by atoms with E-state index in [0.717, 1.165) is 47.9 Å². The molecule has 0 amide bonds. The van der Waals surface area contributed by atoms with Crippen LogP contribution in [0.2, 0.25) is 5.02 Å². The summed E-state index contributed by atoms with van der Waals surface area (Å²) >= 11 is 6.22. The lowest BCUT2D eigenvalue weighted by Crippen LogP contribution is -2.47. The van der Waals surface area contributed by atoms with Crippen LogP contribution in [0.15, 0.2) is 72.8 Å². The molecule has 1 fully saturated rings. The van der Waals surface area contributed by atoms with Gasteiger partial charge in [0.2, 0.25) is 0 Å². The molecule has 2 heterocycles. The second-order valence-electron chi connectivity index (χ2n) is 11.1. The third kappa shape index (κ3) is 6.87. The number of carbonyl (C=O) groups excluding carboxylic acids is 1. The molecule has 2 atom stereocenters. The smallest absolute Gasteiger partial charge is 0.328 e. The second-order valence-corrected chi connectivity index (χ2v) is 11.5. The third-order valence-electron chi connectivity index (χ3n) is 7.78. The summed E-state index contributed by atoms with van der Waals surface area (Å²) < 4.78 is 5.05. The molecule has 5 rings (SSSR count). The predicted octanol–water partition coefficient (Wildman–Crippen LogP) is 6.11. The Kier molecular flexibility index (Phi) is 9.18. The SMILES string of the molecule is COC(=O)[C@@H](Nc1nc(CN2CCN(C(c3ccc(C)cc3)c3ccc(Cl)cc3)CC2)nc2ccccc12)C(C)C. The second kappa shape index (κ2) is 13.0. The van der Waals surface area contributed by atoms with Crippen LogP contribution in [0.3, 0.4) is 0 Å². The van der Waals surface area contributed by atoms with Gasteiger partial charge in [0.05, 0.1) is 25.2 Å². The standard InChI is InChI=1S/C33H38ClN5O2/c1-22(2)30(33(40)41-4)37-32-27-7-5-6-8-28(27)35-29(36-32)21-38-17-19-39(20-18-38)31(24-11-9-23(3)10-12-24)25-13-15-26(34)16-14-25/h5-16,22,30-31H,17-21H2,1-4H3,(H,35,36,37)/t30-,31?/m0/s1. The van der Waals surface area contributed by atoms with Crippen LogP contribution in [0.1, 0.15) is 42.4 Å². The van der Waals surface area contributed by atoms with Crippen molar-refractivity contribution in [2.24, 2.45) is 5.92 Å². The van der Waals surface area contributed by atoms with E-state index < -0.39 is 6.04 Å². The molecule has 8 heteroatoms. The van der Waals surface area contributed by atoms with Crippen molar-refractivity contribution in [3.05, 3.63) is 100 Å². The average Bonchev–Trinajstić information content (AvgIpc) is 2.98. The van der Waals surface area contributed by atoms with E-state index in [1.165, 1.54) is 23.8 Å². The van der Waals surface area contributed by atoms with Crippen molar-refractivity contribution >= 4 is 34.3 Å². The normalized spacial score (nSPS) is 16.0. The van der Waals surface area contributed by atoms with Gasteiger partial charge in [0, 0.05) is 36.6 Å². The number of rotatable bonds is 9. The maximum atomic E-state index is 12.5. The molecule has 1 aliphatic heterocycles. The van der Waals surface area contributed by atoms with Crippen molar-refractivity contribution in [3.8, 4) is 0 Å². The Morgan fingerprint density at radius 1 is 0.927 bits per heavy atom. The average molecular weight is 572 g/mol. The number of ether oxygens (including phenoxy) is 1. The van der Waals surface area contributed by atoms with Crippen LogP contribution < -0.4 is 5.32 Å². The molecule has 7 nitrogen and oxygen atoms in total. The molecule has 1 saturated heterocycles. The number of aromatic nitrogens is 2. The Balaban J connectivity index is 1.34. The summed E-state index contributed by atoms with van der Waals surface area (Å²) in [5, 5.41) is 4.99. The van der Waals surface area contributed by atoms with E-state index >= 15 is 0 Å². The number of hydrogen-bond acceptors (Lipinski definition) is 7. The fraction of sp³-hybridized carbons (Fsp3) is 0.364. The molecule has 0 bridgehead atoms. The molecule has 1 aromatic heterocycles. The lowest BCUT2D eigenvalue weighted by atomic mass is 9.95. The van der Waals surface area contributed by atoms with E-state index in [1.807, 2.05) is 50.2 Å². The first kappa shape index (κ1) is 29.0. The molecule has 3 aromatic carbocycles. The summed E-state index contributed by atoms with van der Waals surface area (Å²) in [6, 6.07) is 24.6. The van der Waals surface area contributed by atoms with Gasteiger partial charge in [0.15, 0.2) is 0 Å². The van der Waals surface area contributed by atoms with Gasteiger partial charge in [0.25, 0.3) is 0 Å². The molecule has 214 valence electrons. The molecule has 0 aliphatic carbocycles. The molecule has 0 radical (unpaired) electrons. The zero-order valence-electron chi connectivity index (χ0n) is 24.2. The number of para-hydroxylation sites is 1. The number of piperazine rings is 1. The Hall–Kier alpha value is -3.52. The number of carbonyl (C=O) groups is 1. The molecular weight excluding hydrogens is 534 g/mol. The first-order valence-corrected chi connectivity index (χ1v) is 14.6. The Bertz CT molecular complexity index is 1420. The van der Waals surface area contributed by atoms with Gasteiger partial charge in [-0.2, -0.15) is 0 Å². The van der Waals surface area contributed by atoms with Crippen molar-refractivity contribution in [1.29, 1.82) is 0 Å². The summed E-state index contributed by atoms with van der Waals surface area (Å²) in [5.41, 5.74) is 4.63. The van der Waals surface area contributed by atoms with Crippen LogP contribution in [0.4, 0.5) is 5.82 Å². The summed E-state index contributed by atoms with van der Waals surface area (Å²) in [5.74, 6) is 1.13. The number of halogens is 1. The van der Waals surface area contributed by atoms with Crippen LogP contribution in [0.5, 0.6) is 0 Å². The molecule has 41 heavy (non-hydrogen) atoms. The highest BCUT2D eigenvalue weighted by Gasteiger charge is 2.28. The molecule has 4 aromatic rings. The molecule has 0 spiro atoms. The van der Waals surface area contributed by atoms with Crippen molar-refractivity contribution < 1.29 is 9.53 Å². The molecule has 1 aliphatic rings. The lowest BCUT2D eigenvalue weighted by molar-refractivity contribution is -0.142. The topological polar surface area (TPSA) is 70.6 Å². The fourth-order valence-corrected chi connectivity index (χ4v) is 5.59. The first-order valence-electron chi connectivity index (χ1n) is 14.2. The first-order chi connectivity index (χ1) is 19.8. The van der Waals surface area contributed by atoms with E-state index in [-0.39, 0.29) is 17.9 Å². The van der Waals surface area contributed by atoms with E-state index in [0.29, 0.717) is 12.4 Å². The number of fused-ring (bicyclic) bond motifs is 1. The number of aryl methyl sites for hydroxylation is 1. The highest BCUT2D eigenvalue weighted by Crippen LogP contribution is 2.31. The van der Waals surface area contributed by atoms with Crippen molar-refractivity contribution in [2.75, 3.05) is 38.6 Å². The quantitative estimate of drug-likeness (QED) is 0.243. The van der Waals surface area contributed by atoms with Gasteiger partial charge >= 0.3 is 5.97 Å². The maximum Gasteiger partial charge on any atom is 0.328 e. The van der Waals surface area contributed by atoms with Gasteiger partial charge < -0.3 is 10.1 Å². The summed E-state index contributed by atoms with van der Waals surface area (Å²) in [6.45, 7) is 10.4. The van der Waals surface area contributed by atoms with Crippen LogP contribution in [0.25, 0.3) is 10.9 Å². The minimum Gasteiger partial charge on any atom is -0.467 e. The minimum absolute atomic E-state index is 0.0369. The number of nitrogens with zero attached hydrogens (tertiary/aromatic N) is 4. The summed E-state index contributed by atoms with van der Waals surface area (Å²) in [4.78, 5) is 27.2. The van der Waals surface area contributed by atoms with Gasteiger partial charge in [-0.15, -0.1) is 0 Å². The van der Waals surface area contributed by atoms with Crippen molar-refractivity contribution in [2.45, 2.75) is 39.4 Å². The zero-order chi connectivity index (χ0) is 28.9. The number of benzene rings is 3. The van der Waals surface area contributed by atoms with Gasteiger partial charge in [-0.3, -0.25) is 9.80 Å². The van der Waals surface area contributed by atoms with Crippen molar-refractivity contribution in [3.63, 3.8) is 0 Å². The van der Waals surface area contributed by atoms with E-state index in [2.05, 4.69) is 58.4 Å². The lowest BCUT2D eigenvalue weighted by Gasteiger charge is -2.39. The van der Waals surface area contributed by atoms with Gasteiger partial charge in [-0.05, 0) is 48.2 Å². The molecule has 1 unspecified atom stereocenters. The number of esters is 1. The number of hydrogen-bond donors (Lipinski definition) is 1. The van der Waals surface area contributed by atoms with E-state index in [1.54, 1.807) is 0 Å². The number of anilines is 1. The van der Waals surface area contributed by atoms with Crippen molar-refractivity contribution in [1.82, 2.24) is 19.8 Å². The third-order valence-corrected chi connectivity index (χ3v) is 8.03. The number of methoxy groups -OCH3 is 1. The highest BCUT2D eigenvalue weighted by atomic mass is 35.5. The van der Waals surface area contributed by atoms with Crippen LogP contribution in [-0.4, -0.2) is 65.1 Å². The largest absolute Gasteiger partial charge is 0.467 e. The summed E-state index contributed by atoms with van der Waals surface area (Å²) in [7, 11) is 1.42. The summed E-state index contributed by atoms with van der Waals surface area (Å²) in [6.07, 6.45) is 0. The number of nitrogens with one attached hydrogen (secondary N) is 1. The minimum atomic E-state index is -0.499. The molecule has 1 N–H and O–H groups in total. The predicted molar refractivity (Wildman–Crippen MR) is 165 cm³/mol. The zero-order valence-corrected chi connectivity index (χ0v) is 24.9. The van der Waals surface area contributed by atoms with Crippen LogP contribution in [-0.2, 0) is 16.1 Å². The Morgan fingerprint density at radius 3 is 2.20 bits per heavy atom. The van der Waals surface area contributed by atoms with Gasteiger partial charge in [-0.25, -0.2) is 14.8 Å². The molecular formula is C33H38ClN5O2. The monoisotopic (exact) mass is 571 g/mol. The van der Waals surface area contributed by atoms with Gasteiger partial charge in [-0.1, -0.05) is 79.5 Å².